The van der Waals surface area contributed by atoms with E-state index in [9.17, 15) is 0 Å². The van der Waals surface area contributed by atoms with Gasteiger partial charge in [0.25, 0.3) is 0 Å². The van der Waals surface area contributed by atoms with Crippen molar-refractivity contribution in [3.8, 4) is 17.0 Å². The number of ether oxygens (including phenoxy) is 1. The summed E-state index contributed by atoms with van der Waals surface area (Å²) in [6.45, 7) is 2.86. The number of aromatic nitrogens is 1. The molecule has 2 aromatic carbocycles. The quantitative estimate of drug-likeness (QED) is 0.656. The number of benzene rings is 2. The van der Waals surface area contributed by atoms with Gasteiger partial charge in [0.15, 0.2) is 0 Å². The first-order valence-corrected chi connectivity index (χ1v) is 6.94. The minimum absolute atomic E-state index is 0.734. The van der Waals surface area contributed by atoms with Crippen molar-refractivity contribution in [2.24, 2.45) is 0 Å². The molecule has 0 atom stereocenters. The maximum Gasteiger partial charge on any atom is 0.217 e. The number of rotatable bonds is 1. The Kier molecular flexibility index (Phi) is 2.49. The molecule has 0 N–H and O–H groups in total. The van der Waals surface area contributed by atoms with E-state index < -0.39 is 0 Å². The number of hydrogen-bond donors (Lipinski definition) is 0. The number of pyridine rings is 1. The van der Waals surface area contributed by atoms with Crippen molar-refractivity contribution in [3.05, 3.63) is 59.7 Å². The van der Waals surface area contributed by atoms with Crippen molar-refractivity contribution in [1.82, 2.24) is 4.98 Å². The monoisotopic (exact) mass is 261 g/mol. The zero-order valence-electron chi connectivity index (χ0n) is 11.4. The number of aryl methyl sites for hydroxylation is 1. The Morgan fingerprint density at radius 1 is 1.05 bits per heavy atom. The summed E-state index contributed by atoms with van der Waals surface area (Å²) in [4.78, 5) is 4.64. The third-order valence-electron chi connectivity index (χ3n) is 3.85. The molecule has 0 saturated carbocycles. The van der Waals surface area contributed by atoms with Crippen LogP contribution in [0.15, 0.2) is 48.5 Å². The van der Waals surface area contributed by atoms with Gasteiger partial charge in [-0.25, -0.2) is 4.98 Å². The average Bonchev–Trinajstić information content (AvgIpc) is 2.92. The summed E-state index contributed by atoms with van der Waals surface area (Å²) in [7, 11) is 0. The maximum absolute atomic E-state index is 5.69. The van der Waals surface area contributed by atoms with Crippen molar-refractivity contribution in [1.29, 1.82) is 0 Å². The van der Waals surface area contributed by atoms with Crippen LogP contribution in [0.3, 0.4) is 0 Å². The second-order valence-corrected chi connectivity index (χ2v) is 5.26. The molecule has 1 aromatic heterocycles. The van der Waals surface area contributed by atoms with Gasteiger partial charge < -0.3 is 4.74 Å². The molecule has 0 amide bonds. The van der Waals surface area contributed by atoms with Gasteiger partial charge in [-0.2, -0.15) is 0 Å². The van der Waals surface area contributed by atoms with Crippen LogP contribution < -0.4 is 4.74 Å². The Bertz CT molecular complexity index is 808. The molecule has 0 saturated heterocycles. The molecule has 2 nitrogen and oxygen atoms in total. The van der Waals surface area contributed by atoms with E-state index in [1.807, 2.05) is 6.07 Å². The van der Waals surface area contributed by atoms with Gasteiger partial charge in [-0.05, 0) is 24.1 Å². The van der Waals surface area contributed by atoms with Crippen molar-refractivity contribution >= 4 is 10.9 Å². The van der Waals surface area contributed by atoms with Gasteiger partial charge in [0.05, 0.1) is 12.1 Å². The van der Waals surface area contributed by atoms with Gasteiger partial charge in [0.1, 0.15) is 0 Å². The van der Waals surface area contributed by atoms with Gasteiger partial charge in [-0.3, -0.25) is 0 Å². The van der Waals surface area contributed by atoms with E-state index in [-0.39, 0.29) is 0 Å². The predicted molar refractivity (Wildman–Crippen MR) is 81.1 cm³/mol. The number of para-hydroxylation sites is 1. The fourth-order valence-electron chi connectivity index (χ4n) is 2.96. The summed E-state index contributed by atoms with van der Waals surface area (Å²) < 4.78 is 5.69. The molecule has 0 aliphatic carbocycles. The summed E-state index contributed by atoms with van der Waals surface area (Å²) in [5.41, 5.74) is 6.06. The Morgan fingerprint density at radius 2 is 1.95 bits per heavy atom. The van der Waals surface area contributed by atoms with E-state index in [4.69, 9.17) is 4.74 Å². The molecule has 0 unspecified atom stereocenters. The first kappa shape index (κ1) is 11.5. The second kappa shape index (κ2) is 4.34. The van der Waals surface area contributed by atoms with E-state index in [0.29, 0.717) is 0 Å². The molecule has 98 valence electrons. The first-order chi connectivity index (χ1) is 9.83. The van der Waals surface area contributed by atoms with E-state index in [1.54, 1.807) is 0 Å². The van der Waals surface area contributed by atoms with Gasteiger partial charge in [0.2, 0.25) is 5.88 Å². The van der Waals surface area contributed by atoms with Crippen molar-refractivity contribution in [2.45, 2.75) is 13.3 Å². The van der Waals surface area contributed by atoms with E-state index in [0.717, 1.165) is 24.4 Å². The number of nitrogens with zero attached hydrogens (tertiary/aromatic N) is 1. The molecule has 0 fully saturated rings. The summed E-state index contributed by atoms with van der Waals surface area (Å²) in [5.74, 6) is 0.806. The first-order valence-electron chi connectivity index (χ1n) is 6.94. The highest BCUT2D eigenvalue weighted by Crippen LogP contribution is 2.38. The van der Waals surface area contributed by atoms with E-state index >= 15 is 0 Å². The average molecular weight is 261 g/mol. The van der Waals surface area contributed by atoms with Crippen LogP contribution in [0, 0.1) is 6.92 Å². The molecule has 1 aliphatic rings. The minimum Gasteiger partial charge on any atom is -0.477 e. The van der Waals surface area contributed by atoms with E-state index in [1.165, 1.54) is 27.6 Å². The molecule has 3 aromatic rings. The molecule has 2 heteroatoms. The molecule has 0 radical (unpaired) electrons. The normalized spacial score (nSPS) is 13.2. The lowest BCUT2D eigenvalue weighted by molar-refractivity contribution is 0.346. The highest BCUT2D eigenvalue weighted by atomic mass is 16.5. The number of hydrogen-bond acceptors (Lipinski definition) is 2. The molecule has 0 bridgehead atoms. The third kappa shape index (κ3) is 1.68. The molecule has 20 heavy (non-hydrogen) atoms. The fraction of sp³-hybridized carbons (Fsp3) is 0.167. The van der Waals surface area contributed by atoms with Crippen LogP contribution in [-0.4, -0.2) is 11.6 Å². The highest BCUT2D eigenvalue weighted by Gasteiger charge is 2.21. The Hall–Kier alpha value is -2.35. The van der Waals surface area contributed by atoms with Crippen molar-refractivity contribution < 1.29 is 4.74 Å². The molecular weight excluding hydrogens is 246 g/mol. The molecule has 4 rings (SSSR count). The standard InChI is InChI=1S/C18H15NO/c1-12-5-4-6-13(11-12)17-14-7-2-3-8-16(14)19-18-15(17)9-10-20-18/h2-8,11H,9-10H2,1H3. The summed E-state index contributed by atoms with van der Waals surface area (Å²) in [5, 5.41) is 1.21. The highest BCUT2D eigenvalue weighted by molar-refractivity contribution is 5.97. The van der Waals surface area contributed by atoms with Crippen LogP contribution in [0.4, 0.5) is 0 Å². The lowest BCUT2D eigenvalue weighted by Crippen LogP contribution is -1.92. The Labute approximate surface area is 118 Å². The van der Waals surface area contributed by atoms with Crippen LogP contribution >= 0.6 is 0 Å². The van der Waals surface area contributed by atoms with Crippen LogP contribution in [-0.2, 0) is 6.42 Å². The van der Waals surface area contributed by atoms with Crippen LogP contribution in [0.2, 0.25) is 0 Å². The summed E-state index contributed by atoms with van der Waals surface area (Å²) >= 11 is 0. The third-order valence-corrected chi connectivity index (χ3v) is 3.85. The van der Waals surface area contributed by atoms with Gasteiger partial charge in [-0.15, -0.1) is 0 Å². The largest absolute Gasteiger partial charge is 0.477 e. The molecule has 2 heterocycles. The lowest BCUT2D eigenvalue weighted by atomic mass is 9.94. The van der Waals surface area contributed by atoms with Crippen molar-refractivity contribution in [2.75, 3.05) is 6.61 Å². The van der Waals surface area contributed by atoms with Gasteiger partial charge in [0, 0.05) is 17.4 Å². The zero-order valence-corrected chi connectivity index (χ0v) is 11.4. The number of fused-ring (bicyclic) bond motifs is 2. The van der Waals surface area contributed by atoms with Gasteiger partial charge >= 0.3 is 0 Å². The Balaban J connectivity index is 2.11. The van der Waals surface area contributed by atoms with Crippen LogP contribution in [0.25, 0.3) is 22.0 Å². The topological polar surface area (TPSA) is 22.1 Å². The predicted octanol–water partition coefficient (Wildman–Crippen LogP) is 4.15. The second-order valence-electron chi connectivity index (χ2n) is 5.26. The maximum atomic E-state index is 5.69. The summed E-state index contributed by atoms with van der Waals surface area (Å²) in [6.07, 6.45) is 0.941. The SMILES string of the molecule is Cc1cccc(-c2c3c(nc4ccccc24)OCC3)c1. The Morgan fingerprint density at radius 3 is 2.85 bits per heavy atom. The van der Waals surface area contributed by atoms with Crippen LogP contribution in [0.1, 0.15) is 11.1 Å². The summed E-state index contributed by atoms with van der Waals surface area (Å²) in [6, 6.07) is 17.0. The van der Waals surface area contributed by atoms with Crippen molar-refractivity contribution in [3.63, 3.8) is 0 Å². The molecule has 1 aliphatic heterocycles. The molecule has 0 spiro atoms. The fourth-order valence-corrected chi connectivity index (χ4v) is 2.96. The van der Waals surface area contributed by atoms with Crippen LogP contribution in [0.5, 0.6) is 5.88 Å². The van der Waals surface area contributed by atoms with Gasteiger partial charge in [-0.1, -0.05) is 48.0 Å². The minimum atomic E-state index is 0.734. The van der Waals surface area contributed by atoms with E-state index in [2.05, 4.69) is 54.4 Å². The molecular formula is C18H15NO. The lowest BCUT2D eigenvalue weighted by Gasteiger charge is -2.12. The zero-order chi connectivity index (χ0) is 13.5. The smallest absolute Gasteiger partial charge is 0.217 e.